The zero-order valence-electron chi connectivity index (χ0n) is 17.7. The van der Waals surface area contributed by atoms with Crippen molar-refractivity contribution in [3.63, 3.8) is 0 Å². The number of carbonyl (C=O) groups excluding carboxylic acids is 2. The van der Waals surface area contributed by atoms with Crippen LogP contribution in [0.3, 0.4) is 0 Å². The molecule has 0 radical (unpaired) electrons. The second-order valence-corrected chi connectivity index (χ2v) is 8.07. The smallest absolute Gasteiger partial charge is 0.341 e. The molecule has 2 rings (SSSR count). The molecule has 158 valence electrons. The third-order valence-electron chi connectivity index (χ3n) is 5.41. The molecule has 0 aromatic heterocycles. The Bertz CT molecular complexity index is 574. The van der Waals surface area contributed by atoms with Crippen molar-refractivity contribution in [2.45, 2.75) is 103 Å². The van der Waals surface area contributed by atoms with Gasteiger partial charge < -0.3 is 14.2 Å². The molecule has 0 saturated carbocycles. The minimum absolute atomic E-state index is 0.192. The van der Waals surface area contributed by atoms with E-state index in [9.17, 15) is 9.59 Å². The van der Waals surface area contributed by atoms with Crippen molar-refractivity contribution >= 4 is 11.9 Å². The number of hydrogen-bond acceptors (Lipinski definition) is 5. The second kappa shape index (κ2) is 12.2. The molecular formula is C23H36O5. The van der Waals surface area contributed by atoms with Crippen LogP contribution in [-0.2, 0) is 23.8 Å². The molecule has 3 unspecified atom stereocenters. The highest BCUT2D eigenvalue weighted by Gasteiger charge is 2.32. The Kier molecular flexibility index (Phi) is 9.93. The predicted molar refractivity (Wildman–Crippen MR) is 109 cm³/mol. The van der Waals surface area contributed by atoms with E-state index < -0.39 is 11.9 Å². The summed E-state index contributed by atoms with van der Waals surface area (Å²) >= 11 is 0. The van der Waals surface area contributed by atoms with Crippen molar-refractivity contribution in [3.8, 4) is 0 Å². The molecule has 3 atom stereocenters. The highest BCUT2D eigenvalue weighted by atomic mass is 16.6. The summed E-state index contributed by atoms with van der Waals surface area (Å²) in [6, 6.07) is 0. The summed E-state index contributed by atoms with van der Waals surface area (Å²) in [5, 5.41) is 0. The van der Waals surface area contributed by atoms with Crippen LogP contribution in [-0.4, -0.2) is 36.9 Å². The van der Waals surface area contributed by atoms with Crippen LogP contribution >= 0.6 is 0 Å². The molecule has 2 heterocycles. The summed E-state index contributed by atoms with van der Waals surface area (Å²) in [4.78, 5) is 24.0. The SMILES string of the molecule is CC(=CCCCCCCCCCC1CO1)C(=O)OC(=O)C(C)=CCC1OC1C. The highest BCUT2D eigenvalue weighted by Crippen LogP contribution is 2.25. The van der Waals surface area contributed by atoms with E-state index in [1.54, 1.807) is 19.9 Å². The Hall–Kier alpha value is -1.46. The summed E-state index contributed by atoms with van der Waals surface area (Å²) in [6.07, 6.45) is 16.1. The molecule has 2 saturated heterocycles. The van der Waals surface area contributed by atoms with Crippen molar-refractivity contribution in [3.05, 3.63) is 23.3 Å². The van der Waals surface area contributed by atoms with Crippen molar-refractivity contribution in [1.82, 2.24) is 0 Å². The third-order valence-corrected chi connectivity index (χ3v) is 5.41. The number of ether oxygens (including phenoxy) is 3. The van der Waals surface area contributed by atoms with Crippen LogP contribution in [0.1, 0.15) is 85.0 Å². The van der Waals surface area contributed by atoms with Crippen molar-refractivity contribution in [2.24, 2.45) is 0 Å². The monoisotopic (exact) mass is 392 g/mol. The molecule has 2 aliphatic rings. The number of carbonyl (C=O) groups is 2. The van der Waals surface area contributed by atoms with Crippen LogP contribution in [0.15, 0.2) is 23.3 Å². The lowest BCUT2D eigenvalue weighted by Gasteiger charge is -2.04. The van der Waals surface area contributed by atoms with Crippen LogP contribution in [0, 0.1) is 0 Å². The van der Waals surface area contributed by atoms with Crippen LogP contribution in [0.2, 0.25) is 0 Å². The van der Waals surface area contributed by atoms with E-state index in [0.29, 0.717) is 23.7 Å². The quantitative estimate of drug-likeness (QED) is 0.136. The van der Waals surface area contributed by atoms with Gasteiger partial charge in [0.15, 0.2) is 0 Å². The fourth-order valence-electron chi connectivity index (χ4n) is 3.14. The molecule has 28 heavy (non-hydrogen) atoms. The van der Waals surface area contributed by atoms with E-state index in [4.69, 9.17) is 14.2 Å². The summed E-state index contributed by atoms with van der Waals surface area (Å²) in [5.41, 5.74) is 0.955. The van der Waals surface area contributed by atoms with Gasteiger partial charge in [-0.15, -0.1) is 0 Å². The van der Waals surface area contributed by atoms with Gasteiger partial charge in [-0.3, -0.25) is 0 Å². The van der Waals surface area contributed by atoms with Crippen molar-refractivity contribution in [2.75, 3.05) is 6.61 Å². The van der Waals surface area contributed by atoms with E-state index >= 15 is 0 Å². The van der Waals surface area contributed by atoms with E-state index in [2.05, 4.69) is 0 Å². The number of epoxide rings is 2. The summed E-state index contributed by atoms with van der Waals surface area (Å²) in [5.74, 6) is -1.12. The molecule has 5 nitrogen and oxygen atoms in total. The van der Waals surface area contributed by atoms with Gasteiger partial charge in [-0.2, -0.15) is 0 Å². The summed E-state index contributed by atoms with van der Waals surface area (Å²) in [7, 11) is 0. The normalized spacial score (nSPS) is 24.2. The standard InChI is InChI=1S/C23H36O5/c1-17(12-10-8-6-4-5-7-9-11-13-20-16-26-20)22(24)28-23(25)18(2)14-15-21-19(3)27-21/h12,14,19-21H,4-11,13,15-16H2,1-3H3. The van der Waals surface area contributed by atoms with Gasteiger partial charge in [0.2, 0.25) is 0 Å². The lowest BCUT2D eigenvalue weighted by atomic mass is 10.1. The third kappa shape index (κ3) is 9.65. The first-order valence-electron chi connectivity index (χ1n) is 10.8. The van der Waals surface area contributed by atoms with Gasteiger partial charge in [0.1, 0.15) is 0 Å². The zero-order chi connectivity index (χ0) is 20.4. The predicted octanol–water partition coefficient (Wildman–Crippen LogP) is 5.04. The number of hydrogen-bond donors (Lipinski definition) is 0. The van der Waals surface area contributed by atoms with Crippen LogP contribution in [0.5, 0.6) is 0 Å². The zero-order valence-corrected chi connectivity index (χ0v) is 17.7. The lowest BCUT2D eigenvalue weighted by molar-refractivity contribution is -0.153. The fraction of sp³-hybridized carbons (Fsp3) is 0.739. The van der Waals surface area contributed by atoms with Crippen LogP contribution in [0.4, 0.5) is 0 Å². The van der Waals surface area contributed by atoms with Gasteiger partial charge in [0.05, 0.1) is 24.9 Å². The molecule has 0 aliphatic carbocycles. The fourth-order valence-corrected chi connectivity index (χ4v) is 3.14. The van der Waals surface area contributed by atoms with Gasteiger partial charge in [0.25, 0.3) is 0 Å². The average molecular weight is 393 g/mol. The lowest BCUT2D eigenvalue weighted by Crippen LogP contribution is -2.14. The molecule has 0 N–H and O–H groups in total. The van der Waals surface area contributed by atoms with Crippen LogP contribution < -0.4 is 0 Å². The Balaban J connectivity index is 1.48. The minimum atomic E-state index is -0.570. The van der Waals surface area contributed by atoms with Crippen molar-refractivity contribution in [1.29, 1.82) is 0 Å². The molecule has 5 heteroatoms. The maximum atomic E-state index is 12.0. The Morgan fingerprint density at radius 2 is 1.46 bits per heavy atom. The maximum Gasteiger partial charge on any atom is 0.341 e. The summed E-state index contributed by atoms with van der Waals surface area (Å²) < 4.78 is 15.4. The first-order chi connectivity index (χ1) is 13.5. The molecule has 0 bridgehead atoms. The van der Waals surface area contributed by atoms with E-state index in [-0.39, 0.29) is 12.2 Å². The molecule has 0 spiro atoms. The maximum absolute atomic E-state index is 12.0. The average Bonchev–Trinajstić information content (AvgIpc) is 3.59. The first-order valence-corrected chi connectivity index (χ1v) is 10.8. The van der Waals surface area contributed by atoms with Gasteiger partial charge in [-0.1, -0.05) is 50.7 Å². The number of unbranched alkanes of at least 4 members (excludes halogenated alkanes) is 7. The van der Waals surface area contributed by atoms with E-state index in [0.717, 1.165) is 19.4 Å². The second-order valence-electron chi connectivity index (χ2n) is 8.07. The van der Waals surface area contributed by atoms with Gasteiger partial charge in [-0.25, -0.2) is 9.59 Å². The Morgan fingerprint density at radius 3 is 2.04 bits per heavy atom. The van der Waals surface area contributed by atoms with Crippen molar-refractivity contribution < 1.29 is 23.8 Å². The molecule has 0 aromatic carbocycles. The Labute approximate surface area is 169 Å². The highest BCUT2D eigenvalue weighted by molar-refractivity contribution is 6.01. The first kappa shape index (κ1) is 22.8. The van der Waals surface area contributed by atoms with Crippen LogP contribution in [0.25, 0.3) is 0 Å². The van der Waals surface area contributed by atoms with E-state index in [1.807, 2.05) is 13.0 Å². The van der Waals surface area contributed by atoms with E-state index in [1.165, 1.54) is 44.9 Å². The van der Waals surface area contributed by atoms with Gasteiger partial charge in [-0.05, 0) is 46.5 Å². The Morgan fingerprint density at radius 1 is 0.929 bits per heavy atom. The van der Waals surface area contributed by atoms with Gasteiger partial charge in [0, 0.05) is 11.1 Å². The number of esters is 2. The molecule has 0 aromatic rings. The molecular weight excluding hydrogens is 356 g/mol. The summed E-state index contributed by atoms with van der Waals surface area (Å²) in [6.45, 7) is 6.34. The van der Waals surface area contributed by atoms with Gasteiger partial charge >= 0.3 is 11.9 Å². The topological polar surface area (TPSA) is 68.4 Å². The molecule has 2 aliphatic heterocycles. The molecule has 0 amide bonds. The number of allylic oxidation sites excluding steroid dienone is 1. The molecule has 2 fully saturated rings. The number of rotatable bonds is 14. The minimum Gasteiger partial charge on any atom is -0.386 e. The largest absolute Gasteiger partial charge is 0.386 e.